The maximum atomic E-state index is 14.8. The summed E-state index contributed by atoms with van der Waals surface area (Å²) in [6, 6.07) is 14.6. The first kappa shape index (κ1) is 37.7. The van der Waals surface area contributed by atoms with Gasteiger partial charge in [-0.25, -0.2) is 8.51 Å². The van der Waals surface area contributed by atoms with Crippen LogP contribution in [0.2, 0.25) is 0 Å². The highest BCUT2D eigenvalue weighted by Crippen LogP contribution is 2.78. The molecule has 5 heteroatoms. The lowest BCUT2D eigenvalue weighted by atomic mass is 9.55. The van der Waals surface area contributed by atoms with E-state index in [1.807, 2.05) is 7.11 Å². The van der Waals surface area contributed by atoms with Gasteiger partial charge in [0.25, 0.3) is 0 Å². The molecular weight excluding hydrogens is 674 g/mol. The second kappa shape index (κ2) is 12.9. The van der Waals surface area contributed by atoms with Crippen LogP contribution in [-0.4, -0.2) is 37.7 Å². The summed E-state index contributed by atoms with van der Waals surface area (Å²) in [5.41, 5.74) is 4.99. The molecule has 0 heterocycles. The third-order valence-corrected chi connectivity index (χ3v) is 20.5. The van der Waals surface area contributed by atoms with Crippen molar-refractivity contribution >= 4 is 24.2 Å². The van der Waals surface area contributed by atoms with Gasteiger partial charge in [-0.15, -0.1) is 0 Å². The van der Waals surface area contributed by atoms with Crippen LogP contribution in [-0.2, 0) is 21.8 Å². The van der Waals surface area contributed by atoms with Crippen LogP contribution < -0.4 is 10.0 Å². The van der Waals surface area contributed by atoms with Crippen molar-refractivity contribution in [3.8, 4) is 5.75 Å². The SMILES string of the molecule is COc1c(C(C)(C)C)cc(C(c2ccccc2P(C23CC4CC(CC(C4)C2)C3)C23CC4CC(CC(C4)C2)C3)N(C)S(=O)C(C)(C)C)cc1C(C)(C)C. The first-order valence-corrected chi connectivity index (χ1v) is 23.5. The highest BCUT2D eigenvalue weighted by atomic mass is 32.2. The van der Waals surface area contributed by atoms with Crippen molar-refractivity contribution in [2.45, 2.75) is 171 Å². The van der Waals surface area contributed by atoms with Crippen molar-refractivity contribution in [2.75, 3.05) is 14.2 Å². The summed E-state index contributed by atoms with van der Waals surface area (Å²) in [7, 11) is 2.36. The van der Waals surface area contributed by atoms with Crippen molar-refractivity contribution < 1.29 is 8.95 Å². The van der Waals surface area contributed by atoms with Crippen LogP contribution in [0.15, 0.2) is 36.4 Å². The van der Waals surface area contributed by atoms with E-state index in [0.29, 0.717) is 10.3 Å². The zero-order chi connectivity index (χ0) is 37.2. The van der Waals surface area contributed by atoms with Crippen molar-refractivity contribution in [3.05, 3.63) is 58.7 Å². The molecule has 2 aromatic rings. The van der Waals surface area contributed by atoms with Gasteiger partial charge < -0.3 is 4.74 Å². The Balaban J connectivity index is 1.38. The van der Waals surface area contributed by atoms with E-state index in [9.17, 15) is 4.21 Å². The molecule has 3 nitrogen and oxygen atoms in total. The molecule has 52 heavy (non-hydrogen) atoms. The molecule has 2 unspecified atom stereocenters. The molecule has 286 valence electrons. The highest BCUT2D eigenvalue weighted by Gasteiger charge is 2.63. The Bertz CT molecular complexity index is 1560. The maximum Gasteiger partial charge on any atom is 0.126 e. The summed E-state index contributed by atoms with van der Waals surface area (Å²) in [6.07, 6.45) is 17.8. The van der Waals surface area contributed by atoms with E-state index in [2.05, 4.69) is 110 Å². The number of hydrogen-bond donors (Lipinski definition) is 0. The first-order valence-electron chi connectivity index (χ1n) is 21.1. The maximum absolute atomic E-state index is 14.8. The molecule has 8 fully saturated rings. The monoisotopic (exact) mass is 743 g/mol. The Morgan fingerprint density at radius 1 is 0.692 bits per heavy atom. The topological polar surface area (TPSA) is 29.5 Å². The molecule has 0 aliphatic heterocycles. The smallest absolute Gasteiger partial charge is 0.126 e. The summed E-state index contributed by atoms with van der Waals surface area (Å²) >= 11 is 0. The summed E-state index contributed by atoms with van der Waals surface area (Å²) in [6.45, 7) is 20.4. The molecule has 2 aromatic carbocycles. The van der Waals surface area contributed by atoms with Gasteiger partial charge in [-0.1, -0.05) is 73.7 Å². The molecule has 0 aromatic heterocycles. The quantitative estimate of drug-likeness (QED) is 0.252. The minimum absolute atomic E-state index is 0.113. The Morgan fingerprint density at radius 3 is 1.42 bits per heavy atom. The van der Waals surface area contributed by atoms with E-state index < -0.39 is 18.9 Å². The van der Waals surface area contributed by atoms with Crippen LogP contribution in [0.1, 0.15) is 168 Å². The largest absolute Gasteiger partial charge is 0.496 e. The standard InChI is InChI=1S/C47H70NO2PS/c1-43(2,3)38-22-36(23-39(42(38)50-11)44(4,5)6)41(48(10)52(49)45(7,8)9)37-14-12-13-15-40(37)51(46-24-30-16-31(25-46)18-32(17-30)26-46)47-27-33-19-34(28-47)21-35(20-33)29-47/h12-15,22-23,30-35,41H,16-21,24-29H2,1-11H3. The average Bonchev–Trinajstić information content (AvgIpc) is 3.02. The minimum atomic E-state index is -1.21. The zero-order valence-electron chi connectivity index (χ0n) is 34.6. The number of rotatable bonds is 8. The Labute approximate surface area is 321 Å². The second-order valence-electron chi connectivity index (χ2n) is 22.1. The number of methoxy groups -OCH3 is 1. The van der Waals surface area contributed by atoms with Gasteiger partial charge in [0.1, 0.15) is 16.7 Å². The average molecular weight is 744 g/mol. The molecular formula is C47H70NO2PS. The third-order valence-electron chi connectivity index (χ3n) is 14.8. The van der Waals surface area contributed by atoms with Gasteiger partial charge in [-0.2, -0.15) is 0 Å². The number of benzene rings is 2. The molecule has 2 atom stereocenters. The Hall–Kier alpha value is -1.22. The van der Waals surface area contributed by atoms with E-state index in [1.165, 1.54) is 99.3 Å². The molecule has 8 saturated carbocycles. The molecule has 0 N–H and O–H groups in total. The summed E-state index contributed by atoms with van der Waals surface area (Å²) in [5, 5.41) is 2.62. The van der Waals surface area contributed by atoms with Crippen LogP contribution in [0.3, 0.4) is 0 Å². The highest BCUT2D eigenvalue weighted by molar-refractivity contribution is 7.84. The molecule has 10 rings (SSSR count). The molecule has 8 aliphatic carbocycles. The first-order chi connectivity index (χ1) is 24.3. The molecule has 0 amide bonds. The summed E-state index contributed by atoms with van der Waals surface area (Å²) in [4.78, 5) is 0. The summed E-state index contributed by atoms with van der Waals surface area (Å²) < 4.78 is 23.0. The molecule has 8 bridgehead atoms. The normalized spacial score (nSPS) is 35.6. The predicted octanol–water partition coefficient (Wildman–Crippen LogP) is 11.8. The summed E-state index contributed by atoms with van der Waals surface area (Å²) in [5.74, 6) is 6.65. The minimum Gasteiger partial charge on any atom is -0.496 e. The Morgan fingerprint density at radius 2 is 1.08 bits per heavy atom. The van der Waals surface area contributed by atoms with Crippen molar-refractivity contribution in [1.29, 1.82) is 0 Å². The third kappa shape index (κ3) is 6.41. The van der Waals surface area contributed by atoms with Gasteiger partial charge in [0.15, 0.2) is 0 Å². The molecule has 0 radical (unpaired) electrons. The van der Waals surface area contributed by atoms with Gasteiger partial charge in [-0.05, 0) is 183 Å². The second-order valence-corrected chi connectivity index (χ2v) is 27.5. The lowest BCUT2D eigenvalue weighted by molar-refractivity contribution is 0.0195. The van der Waals surface area contributed by atoms with E-state index in [0.717, 1.165) is 41.3 Å². The van der Waals surface area contributed by atoms with E-state index in [-0.39, 0.29) is 21.6 Å². The van der Waals surface area contributed by atoms with Crippen LogP contribution >= 0.6 is 7.92 Å². The van der Waals surface area contributed by atoms with E-state index >= 15 is 0 Å². The fraction of sp³-hybridized carbons (Fsp3) is 0.745. The lowest BCUT2D eigenvalue weighted by Crippen LogP contribution is -2.58. The van der Waals surface area contributed by atoms with E-state index in [4.69, 9.17) is 4.74 Å². The predicted molar refractivity (Wildman–Crippen MR) is 223 cm³/mol. The number of nitrogens with zero attached hydrogens (tertiary/aromatic N) is 1. The van der Waals surface area contributed by atoms with Gasteiger partial charge in [0, 0.05) is 18.2 Å². The van der Waals surface area contributed by atoms with Crippen molar-refractivity contribution in [2.24, 2.45) is 35.5 Å². The van der Waals surface area contributed by atoms with Crippen molar-refractivity contribution in [3.63, 3.8) is 0 Å². The van der Waals surface area contributed by atoms with Crippen LogP contribution in [0.5, 0.6) is 5.75 Å². The molecule has 0 saturated heterocycles. The number of ether oxygens (including phenoxy) is 1. The Kier molecular flexibility index (Phi) is 9.36. The zero-order valence-corrected chi connectivity index (χ0v) is 36.3. The van der Waals surface area contributed by atoms with Gasteiger partial charge in [0.2, 0.25) is 0 Å². The van der Waals surface area contributed by atoms with Crippen molar-refractivity contribution in [1.82, 2.24) is 4.31 Å². The van der Waals surface area contributed by atoms with Gasteiger partial charge >= 0.3 is 0 Å². The lowest BCUT2D eigenvalue weighted by Gasteiger charge is -2.67. The fourth-order valence-electron chi connectivity index (χ4n) is 13.9. The van der Waals surface area contributed by atoms with Crippen LogP contribution in [0, 0.1) is 35.5 Å². The molecule has 0 spiro atoms. The van der Waals surface area contributed by atoms with E-state index in [1.54, 1.807) is 5.30 Å². The fourth-order valence-corrected chi connectivity index (χ4v) is 20.5. The van der Waals surface area contributed by atoms with Crippen LogP contribution in [0.4, 0.5) is 0 Å². The molecule has 8 aliphatic rings. The number of hydrogen-bond acceptors (Lipinski definition) is 2. The van der Waals surface area contributed by atoms with Gasteiger partial charge in [-0.3, -0.25) is 0 Å². The van der Waals surface area contributed by atoms with Gasteiger partial charge in [0.05, 0.1) is 17.9 Å². The van der Waals surface area contributed by atoms with Crippen LogP contribution in [0.25, 0.3) is 0 Å².